The molecule has 0 aliphatic heterocycles. The lowest BCUT2D eigenvalue weighted by Gasteiger charge is -2.10. The third kappa shape index (κ3) is 5.15. The van der Waals surface area contributed by atoms with Gasteiger partial charge >= 0.3 is 0 Å². The van der Waals surface area contributed by atoms with Gasteiger partial charge in [-0.05, 0) is 49.4 Å². The van der Waals surface area contributed by atoms with E-state index < -0.39 is 0 Å². The standard InChI is InChI=1S/C21H20N4O2/c1-14-6-8-16(9-7-14)21(27)25-20-11-10-19(13-22-20)24-18-5-3-4-17(12-18)23-15(2)26/h3-13,24H,1-2H3,(H,23,26)(H,22,25,27). The third-order valence-electron chi connectivity index (χ3n) is 3.79. The first-order valence-corrected chi connectivity index (χ1v) is 8.48. The largest absolute Gasteiger partial charge is 0.354 e. The number of aryl methyl sites for hydroxylation is 1. The van der Waals surface area contributed by atoms with Gasteiger partial charge in [0, 0.05) is 23.9 Å². The number of hydrogen-bond acceptors (Lipinski definition) is 4. The van der Waals surface area contributed by atoms with Crippen molar-refractivity contribution in [1.82, 2.24) is 4.98 Å². The number of anilines is 4. The molecule has 2 amide bonds. The predicted octanol–water partition coefficient (Wildman–Crippen LogP) is 4.34. The molecule has 136 valence electrons. The Labute approximate surface area is 157 Å². The molecular formula is C21H20N4O2. The number of aromatic nitrogens is 1. The molecule has 2 aromatic carbocycles. The average molecular weight is 360 g/mol. The van der Waals surface area contributed by atoms with Crippen LogP contribution in [0.3, 0.4) is 0 Å². The molecule has 0 bridgehead atoms. The summed E-state index contributed by atoms with van der Waals surface area (Å²) in [5.41, 5.74) is 3.98. The third-order valence-corrected chi connectivity index (χ3v) is 3.79. The lowest BCUT2D eigenvalue weighted by atomic mass is 10.1. The van der Waals surface area contributed by atoms with Crippen molar-refractivity contribution in [3.05, 3.63) is 78.0 Å². The van der Waals surface area contributed by atoms with E-state index in [-0.39, 0.29) is 11.8 Å². The van der Waals surface area contributed by atoms with Gasteiger partial charge in [0.25, 0.3) is 5.91 Å². The highest BCUT2D eigenvalue weighted by Gasteiger charge is 2.06. The summed E-state index contributed by atoms with van der Waals surface area (Å²) in [5, 5.41) is 8.72. The number of nitrogens with zero attached hydrogens (tertiary/aromatic N) is 1. The maximum Gasteiger partial charge on any atom is 0.256 e. The highest BCUT2D eigenvalue weighted by Crippen LogP contribution is 2.20. The summed E-state index contributed by atoms with van der Waals surface area (Å²) in [6.07, 6.45) is 1.63. The molecule has 0 saturated heterocycles. The summed E-state index contributed by atoms with van der Waals surface area (Å²) in [6.45, 7) is 3.44. The first-order chi connectivity index (χ1) is 13.0. The number of hydrogen-bond donors (Lipinski definition) is 3. The van der Waals surface area contributed by atoms with Crippen LogP contribution in [0.15, 0.2) is 66.9 Å². The Hall–Kier alpha value is -3.67. The van der Waals surface area contributed by atoms with Crippen molar-refractivity contribution in [3.8, 4) is 0 Å². The molecule has 0 unspecified atom stereocenters. The first-order valence-electron chi connectivity index (χ1n) is 8.48. The van der Waals surface area contributed by atoms with Crippen molar-refractivity contribution in [2.45, 2.75) is 13.8 Å². The summed E-state index contributed by atoms with van der Waals surface area (Å²) >= 11 is 0. The van der Waals surface area contributed by atoms with E-state index in [4.69, 9.17) is 0 Å². The van der Waals surface area contributed by atoms with Crippen LogP contribution in [0.4, 0.5) is 22.9 Å². The predicted molar refractivity (Wildman–Crippen MR) is 107 cm³/mol. The van der Waals surface area contributed by atoms with Crippen LogP contribution < -0.4 is 16.0 Å². The smallest absolute Gasteiger partial charge is 0.256 e. The Kier molecular flexibility index (Phi) is 5.47. The number of pyridine rings is 1. The van der Waals surface area contributed by atoms with Gasteiger partial charge in [-0.1, -0.05) is 23.8 Å². The lowest BCUT2D eigenvalue weighted by molar-refractivity contribution is -0.114. The van der Waals surface area contributed by atoms with Gasteiger partial charge in [-0.15, -0.1) is 0 Å². The Morgan fingerprint density at radius 2 is 1.59 bits per heavy atom. The summed E-state index contributed by atoms with van der Waals surface area (Å²) in [5.74, 6) is 0.145. The van der Waals surface area contributed by atoms with E-state index in [1.54, 1.807) is 24.4 Å². The van der Waals surface area contributed by atoms with Crippen LogP contribution in [-0.2, 0) is 4.79 Å². The van der Waals surface area contributed by atoms with E-state index in [1.165, 1.54) is 6.92 Å². The fourth-order valence-electron chi connectivity index (χ4n) is 2.48. The van der Waals surface area contributed by atoms with Crippen LogP contribution >= 0.6 is 0 Å². The molecule has 3 N–H and O–H groups in total. The van der Waals surface area contributed by atoms with Gasteiger partial charge in [0.15, 0.2) is 0 Å². The number of rotatable bonds is 5. The molecule has 3 aromatic rings. The quantitative estimate of drug-likeness (QED) is 0.632. The van der Waals surface area contributed by atoms with Crippen LogP contribution in [-0.4, -0.2) is 16.8 Å². The molecule has 0 radical (unpaired) electrons. The molecule has 1 aromatic heterocycles. The highest BCUT2D eigenvalue weighted by molar-refractivity contribution is 6.03. The monoisotopic (exact) mass is 360 g/mol. The molecule has 0 aliphatic rings. The average Bonchev–Trinajstić information content (AvgIpc) is 2.63. The maximum atomic E-state index is 12.2. The Balaban J connectivity index is 1.64. The van der Waals surface area contributed by atoms with Crippen molar-refractivity contribution in [2.75, 3.05) is 16.0 Å². The number of nitrogens with one attached hydrogen (secondary N) is 3. The van der Waals surface area contributed by atoms with Crippen LogP contribution in [0.1, 0.15) is 22.8 Å². The molecule has 27 heavy (non-hydrogen) atoms. The second-order valence-corrected chi connectivity index (χ2v) is 6.14. The second kappa shape index (κ2) is 8.14. The molecule has 3 rings (SSSR count). The van der Waals surface area contributed by atoms with Gasteiger partial charge in [-0.2, -0.15) is 0 Å². The Morgan fingerprint density at radius 3 is 2.26 bits per heavy atom. The first kappa shape index (κ1) is 18.1. The maximum absolute atomic E-state index is 12.2. The summed E-state index contributed by atoms with van der Waals surface area (Å²) in [7, 11) is 0. The lowest BCUT2D eigenvalue weighted by Crippen LogP contribution is -2.12. The second-order valence-electron chi connectivity index (χ2n) is 6.14. The molecule has 0 aliphatic carbocycles. The van der Waals surface area contributed by atoms with E-state index >= 15 is 0 Å². The SMILES string of the molecule is CC(=O)Nc1cccc(Nc2ccc(NC(=O)c3ccc(C)cc3)nc2)c1. The molecule has 6 nitrogen and oxygen atoms in total. The van der Waals surface area contributed by atoms with E-state index in [1.807, 2.05) is 49.4 Å². The number of amides is 2. The van der Waals surface area contributed by atoms with Crippen LogP contribution in [0.5, 0.6) is 0 Å². The summed E-state index contributed by atoms with van der Waals surface area (Å²) in [4.78, 5) is 27.6. The molecule has 0 atom stereocenters. The van der Waals surface area contributed by atoms with Gasteiger partial charge in [0.1, 0.15) is 5.82 Å². The van der Waals surface area contributed by atoms with Crippen LogP contribution in [0.25, 0.3) is 0 Å². The molecular weight excluding hydrogens is 340 g/mol. The minimum Gasteiger partial charge on any atom is -0.354 e. The molecule has 1 heterocycles. The van der Waals surface area contributed by atoms with Gasteiger partial charge < -0.3 is 16.0 Å². The van der Waals surface area contributed by atoms with Crippen molar-refractivity contribution in [3.63, 3.8) is 0 Å². The molecule has 0 saturated carbocycles. The Morgan fingerprint density at radius 1 is 0.852 bits per heavy atom. The minimum atomic E-state index is -0.203. The number of benzene rings is 2. The fourth-order valence-corrected chi connectivity index (χ4v) is 2.48. The number of carbonyl (C=O) groups excluding carboxylic acids is 2. The van der Waals surface area contributed by atoms with Gasteiger partial charge in [0.2, 0.25) is 5.91 Å². The Bertz CT molecular complexity index is 951. The van der Waals surface area contributed by atoms with E-state index in [2.05, 4.69) is 20.9 Å². The van der Waals surface area contributed by atoms with Crippen molar-refractivity contribution in [1.29, 1.82) is 0 Å². The topological polar surface area (TPSA) is 83.1 Å². The molecule has 0 spiro atoms. The van der Waals surface area contributed by atoms with E-state index in [0.29, 0.717) is 17.1 Å². The van der Waals surface area contributed by atoms with Gasteiger partial charge in [-0.25, -0.2) is 4.98 Å². The highest BCUT2D eigenvalue weighted by atomic mass is 16.2. The summed E-state index contributed by atoms with van der Waals surface area (Å²) < 4.78 is 0. The summed E-state index contributed by atoms with van der Waals surface area (Å²) in [6, 6.07) is 18.3. The molecule has 0 fully saturated rings. The van der Waals surface area contributed by atoms with Crippen LogP contribution in [0.2, 0.25) is 0 Å². The minimum absolute atomic E-state index is 0.123. The van der Waals surface area contributed by atoms with Crippen molar-refractivity contribution in [2.24, 2.45) is 0 Å². The molecule has 6 heteroatoms. The van der Waals surface area contributed by atoms with E-state index in [0.717, 1.165) is 16.9 Å². The van der Waals surface area contributed by atoms with Crippen molar-refractivity contribution >= 4 is 34.7 Å². The van der Waals surface area contributed by atoms with E-state index in [9.17, 15) is 9.59 Å². The van der Waals surface area contributed by atoms with Gasteiger partial charge in [0.05, 0.1) is 11.9 Å². The normalized spacial score (nSPS) is 10.1. The van der Waals surface area contributed by atoms with Crippen molar-refractivity contribution < 1.29 is 9.59 Å². The van der Waals surface area contributed by atoms with Crippen LogP contribution in [0, 0.1) is 6.92 Å². The zero-order valence-electron chi connectivity index (χ0n) is 15.1. The zero-order valence-corrected chi connectivity index (χ0v) is 15.1. The van der Waals surface area contributed by atoms with Gasteiger partial charge in [-0.3, -0.25) is 9.59 Å². The zero-order chi connectivity index (χ0) is 19.2. The number of carbonyl (C=O) groups is 2. The fraction of sp³-hybridized carbons (Fsp3) is 0.0952.